The highest BCUT2D eigenvalue weighted by Crippen LogP contribution is 2.14. The van der Waals surface area contributed by atoms with E-state index in [1.54, 1.807) is 6.20 Å². The molecule has 4 nitrogen and oxygen atoms in total. The van der Waals surface area contributed by atoms with Gasteiger partial charge < -0.3 is 5.32 Å². The van der Waals surface area contributed by atoms with Gasteiger partial charge in [0, 0.05) is 6.20 Å². The number of nitrogens with one attached hydrogen (secondary N) is 1. The lowest BCUT2D eigenvalue weighted by molar-refractivity contribution is 0.616. The van der Waals surface area contributed by atoms with Crippen LogP contribution in [-0.2, 0) is 13.0 Å². The van der Waals surface area contributed by atoms with Crippen LogP contribution in [0.2, 0.25) is 5.28 Å². The lowest BCUT2D eigenvalue weighted by Gasteiger charge is -2.09. The molecule has 1 N–H and O–H groups in total. The SMILES string of the molecule is CCc1cccnc1CNc1nc(Cl)ncc1F. The van der Waals surface area contributed by atoms with Crippen LogP contribution in [0.5, 0.6) is 0 Å². The Hall–Kier alpha value is -1.75. The molecule has 0 spiro atoms. The number of hydrogen-bond acceptors (Lipinski definition) is 4. The Kier molecular flexibility index (Phi) is 4.04. The average Bonchev–Trinajstić information content (AvgIpc) is 2.40. The molecule has 2 heterocycles. The van der Waals surface area contributed by atoms with Crippen LogP contribution in [0.15, 0.2) is 24.5 Å². The molecule has 6 heteroatoms. The molecule has 0 aromatic carbocycles. The summed E-state index contributed by atoms with van der Waals surface area (Å²) in [6.45, 7) is 2.44. The minimum Gasteiger partial charge on any atom is -0.362 e. The molecule has 0 saturated heterocycles. The topological polar surface area (TPSA) is 50.7 Å². The Balaban J connectivity index is 2.14. The lowest BCUT2D eigenvalue weighted by Crippen LogP contribution is -2.08. The maximum Gasteiger partial charge on any atom is 0.224 e. The predicted octanol–water partition coefficient (Wildman–Crippen LogP) is 2.84. The average molecular weight is 267 g/mol. The normalized spacial score (nSPS) is 10.4. The summed E-state index contributed by atoms with van der Waals surface area (Å²) in [4.78, 5) is 11.6. The van der Waals surface area contributed by atoms with E-state index in [-0.39, 0.29) is 11.1 Å². The van der Waals surface area contributed by atoms with Crippen molar-refractivity contribution in [3.05, 3.63) is 46.9 Å². The largest absolute Gasteiger partial charge is 0.362 e. The fraction of sp³-hybridized carbons (Fsp3) is 0.250. The molecular weight excluding hydrogens is 255 g/mol. The molecule has 0 unspecified atom stereocenters. The van der Waals surface area contributed by atoms with Crippen LogP contribution in [0.1, 0.15) is 18.2 Å². The minimum atomic E-state index is -0.534. The van der Waals surface area contributed by atoms with Crippen molar-refractivity contribution in [3.8, 4) is 0 Å². The highest BCUT2D eigenvalue weighted by atomic mass is 35.5. The lowest BCUT2D eigenvalue weighted by atomic mass is 10.1. The van der Waals surface area contributed by atoms with Gasteiger partial charge in [-0.1, -0.05) is 13.0 Å². The molecule has 0 amide bonds. The molecule has 2 aromatic rings. The van der Waals surface area contributed by atoms with Crippen molar-refractivity contribution in [1.29, 1.82) is 0 Å². The number of anilines is 1. The highest BCUT2D eigenvalue weighted by Gasteiger charge is 2.07. The van der Waals surface area contributed by atoms with E-state index in [4.69, 9.17) is 11.6 Å². The Labute approximate surface area is 109 Å². The first-order valence-corrected chi connectivity index (χ1v) is 5.93. The van der Waals surface area contributed by atoms with Crippen molar-refractivity contribution in [2.75, 3.05) is 5.32 Å². The maximum absolute atomic E-state index is 13.4. The van der Waals surface area contributed by atoms with Gasteiger partial charge in [-0.2, -0.15) is 4.98 Å². The van der Waals surface area contributed by atoms with Crippen molar-refractivity contribution < 1.29 is 4.39 Å². The summed E-state index contributed by atoms with van der Waals surface area (Å²) in [5.74, 6) is -0.448. The molecule has 0 fully saturated rings. The molecule has 0 saturated carbocycles. The van der Waals surface area contributed by atoms with Gasteiger partial charge in [-0.05, 0) is 29.7 Å². The van der Waals surface area contributed by atoms with Crippen LogP contribution in [0.4, 0.5) is 10.2 Å². The second-order valence-electron chi connectivity index (χ2n) is 3.65. The number of hydrogen-bond donors (Lipinski definition) is 1. The summed E-state index contributed by atoms with van der Waals surface area (Å²) in [7, 11) is 0. The third kappa shape index (κ3) is 2.92. The summed E-state index contributed by atoms with van der Waals surface area (Å²) in [5, 5.41) is 2.88. The van der Waals surface area contributed by atoms with E-state index in [2.05, 4.69) is 20.3 Å². The van der Waals surface area contributed by atoms with Crippen molar-refractivity contribution in [2.45, 2.75) is 19.9 Å². The van der Waals surface area contributed by atoms with Crippen molar-refractivity contribution in [2.24, 2.45) is 0 Å². The molecule has 0 atom stereocenters. The molecular formula is C12H12ClFN4. The summed E-state index contributed by atoms with van der Waals surface area (Å²) in [6, 6.07) is 3.87. The zero-order valence-corrected chi connectivity index (χ0v) is 10.6. The van der Waals surface area contributed by atoms with Gasteiger partial charge >= 0.3 is 0 Å². The van der Waals surface area contributed by atoms with Gasteiger partial charge in [-0.25, -0.2) is 9.37 Å². The standard InChI is InChI=1S/C12H12ClFN4/c1-2-8-4-3-5-15-10(8)7-16-11-9(14)6-17-12(13)18-11/h3-6H,2,7H2,1H3,(H,16,17,18). The van der Waals surface area contributed by atoms with Crippen LogP contribution < -0.4 is 5.32 Å². The molecule has 94 valence electrons. The van der Waals surface area contributed by atoms with Crippen molar-refractivity contribution in [1.82, 2.24) is 15.0 Å². The molecule has 0 aliphatic rings. The molecule has 2 aromatic heterocycles. The second-order valence-corrected chi connectivity index (χ2v) is 3.99. The van der Waals surface area contributed by atoms with Crippen LogP contribution in [0.25, 0.3) is 0 Å². The molecule has 0 radical (unpaired) electrons. The first kappa shape index (κ1) is 12.7. The van der Waals surface area contributed by atoms with Crippen LogP contribution in [0.3, 0.4) is 0 Å². The molecule has 0 aliphatic heterocycles. The molecule has 2 rings (SSSR count). The zero-order chi connectivity index (χ0) is 13.0. The van der Waals surface area contributed by atoms with E-state index >= 15 is 0 Å². The summed E-state index contributed by atoms with van der Waals surface area (Å²) in [6.07, 6.45) is 3.62. The quantitative estimate of drug-likeness (QED) is 0.865. The Morgan fingerprint density at radius 3 is 3.00 bits per heavy atom. The monoisotopic (exact) mass is 266 g/mol. The van der Waals surface area contributed by atoms with Gasteiger partial charge in [0.05, 0.1) is 18.4 Å². The van der Waals surface area contributed by atoms with Gasteiger partial charge in [0.2, 0.25) is 5.28 Å². The smallest absolute Gasteiger partial charge is 0.224 e. The van der Waals surface area contributed by atoms with Crippen LogP contribution in [0, 0.1) is 5.82 Å². The summed E-state index contributed by atoms with van der Waals surface area (Å²) < 4.78 is 13.4. The van der Waals surface area contributed by atoms with Crippen molar-refractivity contribution >= 4 is 17.4 Å². The van der Waals surface area contributed by atoms with Crippen molar-refractivity contribution in [3.63, 3.8) is 0 Å². The van der Waals surface area contributed by atoms with E-state index < -0.39 is 5.82 Å². The van der Waals surface area contributed by atoms with Gasteiger partial charge in [0.1, 0.15) is 0 Å². The minimum absolute atomic E-state index is 0.00985. The number of rotatable bonds is 4. The third-order valence-electron chi connectivity index (χ3n) is 2.50. The first-order valence-electron chi connectivity index (χ1n) is 5.55. The number of halogens is 2. The van der Waals surface area contributed by atoms with E-state index in [1.165, 1.54) is 0 Å². The van der Waals surface area contributed by atoms with Crippen LogP contribution in [-0.4, -0.2) is 15.0 Å². The van der Waals surface area contributed by atoms with Gasteiger partial charge in [-0.3, -0.25) is 4.98 Å². The maximum atomic E-state index is 13.4. The fourth-order valence-corrected chi connectivity index (χ4v) is 1.72. The number of aryl methyl sites for hydroxylation is 1. The zero-order valence-electron chi connectivity index (χ0n) is 9.82. The summed E-state index contributed by atoms with van der Waals surface area (Å²) in [5.41, 5.74) is 1.99. The number of pyridine rings is 1. The van der Waals surface area contributed by atoms with E-state index in [0.29, 0.717) is 6.54 Å². The van der Waals surface area contributed by atoms with E-state index in [1.807, 2.05) is 19.1 Å². The predicted molar refractivity (Wildman–Crippen MR) is 67.9 cm³/mol. The molecule has 0 aliphatic carbocycles. The Bertz CT molecular complexity index is 547. The number of aromatic nitrogens is 3. The highest BCUT2D eigenvalue weighted by molar-refractivity contribution is 6.28. The Morgan fingerprint density at radius 2 is 2.22 bits per heavy atom. The molecule has 0 bridgehead atoms. The van der Waals surface area contributed by atoms with Gasteiger partial charge in [0.15, 0.2) is 11.6 Å². The third-order valence-corrected chi connectivity index (χ3v) is 2.69. The Morgan fingerprint density at radius 1 is 1.39 bits per heavy atom. The fourth-order valence-electron chi connectivity index (χ4n) is 1.59. The second kappa shape index (κ2) is 5.73. The number of nitrogens with zero attached hydrogens (tertiary/aromatic N) is 3. The van der Waals surface area contributed by atoms with Gasteiger partial charge in [0.25, 0.3) is 0 Å². The summed E-state index contributed by atoms with van der Waals surface area (Å²) >= 11 is 5.61. The first-order chi connectivity index (χ1) is 8.70. The molecule has 18 heavy (non-hydrogen) atoms. The van der Waals surface area contributed by atoms with E-state index in [9.17, 15) is 4.39 Å². The van der Waals surface area contributed by atoms with E-state index in [0.717, 1.165) is 23.9 Å². The van der Waals surface area contributed by atoms with Crippen LogP contribution >= 0.6 is 11.6 Å². The van der Waals surface area contributed by atoms with Gasteiger partial charge in [-0.15, -0.1) is 0 Å².